The molecular weight excluding hydrogens is 314 g/mol. The number of nitrogens with one attached hydrogen (secondary N) is 1. The number of rotatable bonds is 7. The Hall–Kier alpha value is -2.89. The van der Waals surface area contributed by atoms with Crippen molar-refractivity contribution in [2.24, 2.45) is 7.05 Å². The molecule has 0 aliphatic heterocycles. The molecule has 0 bridgehead atoms. The van der Waals surface area contributed by atoms with Gasteiger partial charge < -0.3 is 5.32 Å². The van der Waals surface area contributed by atoms with Crippen LogP contribution in [0.5, 0.6) is 0 Å². The number of aryl methyl sites for hydroxylation is 3. The van der Waals surface area contributed by atoms with E-state index in [0.29, 0.717) is 5.69 Å². The third-order valence-corrected chi connectivity index (χ3v) is 4.02. The van der Waals surface area contributed by atoms with E-state index in [-0.39, 0.29) is 11.9 Å². The van der Waals surface area contributed by atoms with Crippen LogP contribution < -0.4 is 5.32 Å². The van der Waals surface area contributed by atoms with Gasteiger partial charge in [-0.1, -0.05) is 30.3 Å². The van der Waals surface area contributed by atoms with Gasteiger partial charge in [-0.2, -0.15) is 10.2 Å². The minimum Gasteiger partial charge on any atom is -0.348 e. The van der Waals surface area contributed by atoms with Crippen LogP contribution in [-0.2, 0) is 26.4 Å². The first-order valence-corrected chi connectivity index (χ1v) is 8.46. The topological polar surface area (TPSA) is 64.7 Å². The summed E-state index contributed by atoms with van der Waals surface area (Å²) in [4.78, 5) is 12.3. The Morgan fingerprint density at radius 1 is 1.20 bits per heavy atom. The van der Waals surface area contributed by atoms with E-state index in [4.69, 9.17) is 0 Å². The fourth-order valence-electron chi connectivity index (χ4n) is 2.78. The van der Waals surface area contributed by atoms with Gasteiger partial charge in [0.05, 0.1) is 6.20 Å². The van der Waals surface area contributed by atoms with Crippen molar-refractivity contribution < 1.29 is 4.79 Å². The summed E-state index contributed by atoms with van der Waals surface area (Å²) in [6.07, 6.45) is 7.26. The Balaban J connectivity index is 1.51. The van der Waals surface area contributed by atoms with Crippen LogP contribution >= 0.6 is 0 Å². The van der Waals surface area contributed by atoms with Gasteiger partial charge in [-0.15, -0.1) is 0 Å². The Bertz CT molecular complexity index is 821. The van der Waals surface area contributed by atoms with Gasteiger partial charge in [0.25, 0.3) is 5.91 Å². The lowest BCUT2D eigenvalue weighted by Gasteiger charge is -2.11. The number of carbonyl (C=O) groups excluding carboxylic acids is 1. The molecule has 1 N–H and O–H groups in total. The van der Waals surface area contributed by atoms with E-state index in [9.17, 15) is 4.79 Å². The summed E-state index contributed by atoms with van der Waals surface area (Å²) in [5.41, 5.74) is 2.81. The summed E-state index contributed by atoms with van der Waals surface area (Å²) in [7, 11) is 1.88. The standard InChI is InChI=1S/C19H23N5O/c1-15(12-17-13-20-23(2)14-17)21-19(25)18-9-11-24(22-18)10-8-16-6-4-3-5-7-16/h3-7,9,11,13-15H,8,10,12H2,1-2H3,(H,21,25). The smallest absolute Gasteiger partial charge is 0.271 e. The molecule has 3 aromatic rings. The van der Waals surface area contributed by atoms with Gasteiger partial charge in [0, 0.05) is 32.0 Å². The van der Waals surface area contributed by atoms with E-state index in [1.807, 2.05) is 55.4 Å². The quantitative estimate of drug-likeness (QED) is 0.719. The normalized spacial score (nSPS) is 12.1. The summed E-state index contributed by atoms with van der Waals surface area (Å²) in [6.45, 7) is 2.74. The second kappa shape index (κ2) is 7.79. The molecule has 0 fully saturated rings. The summed E-state index contributed by atoms with van der Waals surface area (Å²) in [5, 5.41) is 11.5. The molecule has 130 valence electrons. The van der Waals surface area contributed by atoms with E-state index in [1.165, 1.54) is 5.56 Å². The van der Waals surface area contributed by atoms with Crippen LogP contribution in [0.25, 0.3) is 0 Å². The van der Waals surface area contributed by atoms with Crippen LogP contribution in [0.1, 0.15) is 28.5 Å². The van der Waals surface area contributed by atoms with Crippen molar-refractivity contribution in [3.8, 4) is 0 Å². The average molecular weight is 337 g/mol. The second-order valence-electron chi connectivity index (χ2n) is 6.30. The van der Waals surface area contributed by atoms with E-state index in [1.54, 1.807) is 10.7 Å². The lowest BCUT2D eigenvalue weighted by molar-refractivity contribution is 0.0934. The maximum atomic E-state index is 12.3. The predicted octanol–water partition coefficient (Wildman–Crippen LogP) is 2.22. The highest BCUT2D eigenvalue weighted by Gasteiger charge is 2.13. The molecule has 1 aromatic carbocycles. The van der Waals surface area contributed by atoms with Gasteiger partial charge in [0.1, 0.15) is 5.69 Å². The summed E-state index contributed by atoms with van der Waals surface area (Å²) in [5.74, 6) is -0.144. The van der Waals surface area contributed by atoms with Gasteiger partial charge in [0.2, 0.25) is 0 Å². The van der Waals surface area contributed by atoms with E-state index in [2.05, 4.69) is 27.6 Å². The third kappa shape index (κ3) is 4.79. The monoisotopic (exact) mass is 337 g/mol. The third-order valence-electron chi connectivity index (χ3n) is 4.02. The highest BCUT2D eigenvalue weighted by atomic mass is 16.2. The fraction of sp³-hybridized carbons (Fsp3) is 0.316. The number of carbonyl (C=O) groups is 1. The lowest BCUT2D eigenvalue weighted by Crippen LogP contribution is -2.34. The van der Waals surface area contributed by atoms with E-state index < -0.39 is 0 Å². The largest absolute Gasteiger partial charge is 0.348 e. The molecule has 0 spiro atoms. The molecule has 0 saturated carbocycles. The molecule has 1 unspecified atom stereocenters. The summed E-state index contributed by atoms with van der Waals surface area (Å²) >= 11 is 0. The Morgan fingerprint density at radius 3 is 2.72 bits per heavy atom. The first-order chi connectivity index (χ1) is 12.1. The average Bonchev–Trinajstić information content (AvgIpc) is 3.23. The van der Waals surface area contributed by atoms with Crippen LogP contribution in [0.2, 0.25) is 0 Å². The van der Waals surface area contributed by atoms with Crippen LogP contribution in [0.3, 0.4) is 0 Å². The lowest BCUT2D eigenvalue weighted by atomic mass is 10.1. The number of amides is 1. The first-order valence-electron chi connectivity index (χ1n) is 8.46. The molecule has 0 aliphatic rings. The number of hydrogen-bond donors (Lipinski definition) is 1. The van der Waals surface area contributed by atoms with Crippen LogP contribution in [-0.4, -0.2) is 31.5 Å². The Kier molecular flexibility index (Phi) is 5.28. The van der Waals surface area contributed by atoms with Crippen molar-refractivity contribution in [3.05, 3.63) is 71.8 Å². The van der Waals surface area contributed by atoms with Gasteiger partial charge in [-0.05, 0) is 37.0 Å². The van der Waals surface area contributed by atoms with Crippen LogP contribution in [0.15, 0.2) is 55.0 Å². The second-order valence-corrected chi connectivity index (χ2v) is 6.30. The molecule has 25 heavy (non-hydrogen) atoms. The predicted molar refractivity (Wildman–Crippen MR) is 96.2 cm³/mol. The van der Waals surface area contributed by atoms with Crippen LogP contribution in [0.4, 0.5) is 0 Å². The zero-order valence-corrected chi connectivity index (χ0v) is 14.6. The van der Waals surface area contributed by atoms with Crippen molar-refractivity contribution in [1.82, 2.24) is 24.9 Å². The van der Waals surface area contributed by atoms with Crippen molar-refractivity contribution in [1.29, 1.82) is 0 Å². The molecular formula is C19H23N5O. The Labute approximate surface area is 147 Å². The molecule has 1 amide bonds. The van der Waals surface area contributed by atoms with Crippen molar-refractivity contribution in [3.63, 3.8) is 0 Å². The van der Waals surface area contributed by atoms with Crippen molar-refractivity contribution in [2.45, 2.75) is 32.4 Å². The fourth-order valence-corrected chi connectivity index (χ4v) is 2.78. The maximum absolute atomic E-state index is 12.3. The summed E-state index contributed by atoms with van der Waals surface area (Å²) < 4.78 is 3.58. The minimum absolute atomic E-state index is 0.0196. The molecule has 2 aromatic heterocycles. The number of aromatic nitrogens is 4. The minimum atomic E-state index is -0.144. The molecule has 0 aliphatic carbocycles. The molecule has 6 heteroatoms. The molecule has 1 atom stereocenters. The maximum Gasteiger partial charge on any atom is 0.271 e. The van der Waals surface area contributed by atoms with Gasteiger partial charge in [-0.25, -0.2) is 0 Å². The highest BCUT2D eigenvalue weighted by molar-refractivity contribution is 5.92. The van der Waals surface area contributed by atoms with Crippen LogP contribution in [0, 0.1) is 0 Å². The molecule has 2 heterocycles. The molecule has 6 nitrogen and oxygen atoms in total. The van der Waals surface area contributed by atoms with Gasteiger partial charge in [0.15, 0.2) is 0 Å². The van der Waals surface area contributed by atoms with Gasteiger partial charge >= 0.3 is 0 Å². The van der Waals surface area contributed by atoms with Crippen molar-refractivity contribution >= 4 is 5.91 Å². The zero-order valence-electron chi connectivity index (χ0n) is 14.6. The number of hydrogen-bond acceptors (Lipinski definition) is 3. The SMILES string of the molecule is CC(Cc1cnn(C)c1)NC(=O)c1ccn(CCc2ccccc2)n1. The highest BCUT2D eigenvalue weighted by Crippen LogP contribution is 2.05. The number of nitrogens with zero attached hydrogens (tertiary/aromatic N) is 4. The van der Waals surface area contributed by atoms with Crippen molar-refractivity contribution in [2.75, 3.05) is 0 Å². The number of benzene rings is 1. The Morgan fingerprint density at radius 2 is 2.00 bits per heavy atom. The molecule has 0 saturated heterocycles. The molecule has 0 radical (unpaired) electrons. The molecule has 3 rings (SSSR count). The van der Waals surface area contributed by atoms with E-state index in [0.717, 1.165) is 24.9 Å². The van der Waals surface area contributed by atoms with E-state index >= 15 is 0 Å². The van der Waals surface area contributed by atoms with Gasteiger partial charge in [-0.3, -0.25) is 14.2 Å². The zero-order chi connectivity index (χ0) is 17.6. The summed E-state index contributed by atoms with van der Waals surface area (Å²) in [6, 6.07) is 12.0. The first kappa shape index (κ1) is 17.0.